The lowest BCUT2D eigenvalue weighted by atomic mass is 10.4. The van der Waals surface area contributed by atoms with Gasteiger partial charge in [-0.2, -0.15) is 0 Å². The lowest BCUT2D eigenvalue weighted by Crippen LogP contribution is -2.44. The van der Waals surface area contributed by atoms with Crippen molar-refractivity contribution in [1.82, 2.24) is 10.2 Å². The van der Waals surface area contributed by atoms with Crippen molar-refractivity contribution in [1.29, 1.82) is 0 Å². The van der Waals surface area contributed by atoms with Gasteiger partial charge in [-0.1, -0.05) is 0 Å². The van der Waals surface area contributed by atoms with E-state index in [9.17, 15) is 18.0 Å². The number of nitrogens with one attached hydrogen (secondary N) is 1. The summed E-state index contributed by atoms with van der Waals surface area (Å²) in [6, 6.07) is -0.544. The maximum atomic E-state index is 11.6. The zero-order valence-electron chi connectivity index (χ0n) is 9.32. The van der Waals surface area contributed by atoms with Crippen LogP contribution in [0.2, 0.25) is 0 Å². The van der Waals surface area contributed by atoms with Crippen LogP contribution in [0.15, 0.2) is 0 Å². The third kappa shape index (κ3) is 4.91. The van der Waals surface area contributed by atoms with Crippen molar-refractivity contribution in [2.75, 3.05) is 30.5 Å². The molecule has 1 rings (SSSR count). The summed E-state index contributed by atoms with van der Waals surface area (Å²) in [5.74, 6) is -0.263. The number of amides is 3. The number of nitrogens with zero attached hydrogens (tertiary/aromatic N) is 1. The van der Waals surface area contributed by atoms with E-state index < -0.39 is 21.8 Å². The van der Waals surface area contributed by atoms with E-state index in [1.54, 1.807) is 0 Å². The van der Waals surface area contributed by atoms with Crippen molar-refractivity contribution in [3.05, 3.63) is 0 Å². The molecule has 1 saturated heterocycles. The van der Waals surface area contributed by atoms with E-state index in [-0.39, 0.29) is 30.4 Å². The van der Waals surface area contributed by atoms with Crippen LogP contribution in [0.25, 0.3) is 0 Å². The van der Waals surface area contributed by atoms with E-state index in [0.717, 1.165) is 0 Å². The average molecular weight is 283 g/mol. The molecule has 0 bridgehead atoms. The van der Waals surface area contributed by atoms with Crippen LogP contribution < -0.4 is 5.32 Å². The molecular weight excluding hydrogens is 268 g/mol. The van der Waals surface area contributed by atoms with E-state index in [0.29, 0.717) is 13.0 Å². The molecule has 3 amide bonds. The molecule has 0 aromatic heterocycles. The van der Waals surface area contributed by atoms with E-state index in [1.807, 2.05) is 0 Å². The van der Waals surface area contributed by atoms with Crippen molar-refractivity contribution >= 4 is 33.4 Å². The summed E-state index contributed by atoms with van der Waals surface area (Å²) in [4.78, 5) is 24.1. The number of carbonyl (C=O) groups excluding carboxylic acids is 2. The van der Waals surface area contributed by atoms with Crippen LogP contribution in [-0.2, 0) is 14.6 Å². The van der Waals surface area contributed by atoms with Crippen LogP contribution in [0.3, 0.4) is 0 Å². The summed E-state index contributed by atoms with van der Waals surface area (Å²) in [6.45, 7) is 0.474. The summed E-state index contributed by atoms with van der Waals surface area (Å²) in [5, 5.41) is 2.17. The largest absolute Gasteiger partial charge is 0.324 e. The van der Waals surface area contributed by atoms with Crippen molar-refractivity contribution < 1.29 is 18.0 Å². The molecule has 17 heavy (non-hydrogen) atoms. The summed E-state index contributed by atoms with van der Waals surface area (Å²) >= 11 is 5.36. The number of hydrogen-bond donors (Lipinski definition) is 1. The first kappa shape index (κ1) is 14.2. The fourth-order valence-corrected chi connectivity index (χ4v) is 2.93. The van der Waals surface area contributed by atoms with E-state index in [2.05, 4.69) is 5.32 Å². The van der Waals surface area contributed by atoms with Gasteiger partial charge in [-0.3, -0.25) is 10.1 Å². The van der Waals surface area contributed by atoms with E-state index in [1.165, 1.54) is 4.90 Å². The van der Waals surface area contributed by atoms with Crippen LogP contribution in [0, 0.1) is 0 Å². The lowest BCUT2D eigenvalue weighted by molar-refractivity contribution is -0.119. The van der Waals surface area contributed by atoms with Gasteiger partial charge >= 0.3 is 6.03 Å². The number of imide groups is 1. The number of sulfone groups is 1. The monoisotopic (exact) mass is 282 g/mol. The fraction of sp³-hybridized carbons (Fsp3) is 0.778. The molecule has 1 heterocycles. The number of alkyl halides is 1. The SMILES string of the molecule is O=C(CCCl)NC(=O)N1CCCS(=O)(=O)CC1. The molecule has 0 atom stereocenters. The standard InChI is InChI=1S/C9H15ClN2O4S/c10-3-2-8(13)11-9(14)12-4-1-6-17(15,16)7-5-12/h1-7H2,(H,11,13,14). The number of hydrogen-bond acceptors (Lipinski definition) is 4. The third-order valence-corrected chi connectivity index (χ3v) is 4.31. The second kappa shape index (κ2) is 6.20. The Hall–Kier alpha value is -0.820. The summed E-state index contributed by atoms with van der Waals surface area (Å²) in [5.41, 5.74) is 0. The molecular formula is C9H15ClN2O4S. The Balaban J connectivity index is 2.50. The van der Waals surface area contributed by atoms with Gasteiger partial charge in [0.25, 0.3) is 0 Å². The van der Waals surface area contributed by atoms with Crippen LogP contribution in [-0.4, -0.2) is 55.7 Å². The van der Waals surface area contributed by atoms with Gasteiger partial charge in [0.15, 0.2) is 9.84 Å². The Morgan fingerprint density at radius 2 is 1.94 bits per heavy atom. The van der Waals surface area contributed by atoms with Gasteiger partial charge in [0.2, 0.25) is 5.91 Å². The molecule has 1 fully saturated rings. The topological polar surface area (TPSA) is 83.6 Å². The maximum Gasteiger partial charge on any atom is 0.324 e. The number of carbonyl (C=O) groups is 2. The van der Waals surface area contributed by atoms with Crippen LogP contribution >= 0.6 is 11.6 Å². The Morgan fingerprint density at radius 1 is 1.24 bits per heavy atom. The molecule has 0 unspecified atom stereocenters. The highest BCUT2D eigenvalue weighted by Crippen LogP contribution is 2.05. The second-order valence-electron chi connectivity index (χ2n) is 3.78. The van der Waals surface area contributed by atoms with Gasteiger partial charge in [0.1, 0.15) is 0 Å². The van der Waals surface area contributed by atoms with Gasteiger partial charge in [-0.15, -0.1) is 11.6 Å². The predicted octanol–water partition coefficient (Wildman–Crippen LogP) is -0.0280. The number of urea groups is 1. The van der Waals surface area contributed by atoms with Crippen molar-refractivity contribution in [3.63, 3.8) is 0 Å². The molecule has 1 aliphatic rings. The molecule has 0 spiro atoms. The van der Waals surface area contributed by atoms with Crippen molar-refractivity contribution in [2.24, 2.45) is 0 Å². The zero-order valence-corrected chi connectivity index (χ0v) is 10.9. The summed E-state index contributed by atoms with van der Waals surface area (Å²) in [6.07, 6.45) is 0.471. The summed E-state index contributed by atoms with van der Waals surface area (Å²) in [7, 11) is -3.05. The molecule has 8 heteroatoms. The minimum Gasteiger partial charge on any atom is -0.323 e. The zero-order chi connectivity index (χ0) is 12.9. The fourth-order valence-electron chi connectivity index (χ4n) is 1.49. The van der Waals surface area contributed by atoms with Crippen molar-refractivity contribution in [2.45, 2.75) is 12.8 Å². The predicted molar refractivity (Wildman–Crippen MR) is 63.7 cm³/mol. The average Bonchev–Trinajstić information content (AvgIpc) is 2.39. The minimum absolute atomic E-state index is 0.0515. The second-order valence-corrected chi connectivity index (χ2v) is 6.47. The maximum absolute atomic E-state index is 11.6. The normalized spacial score (nSPS) is 19.5. The minimum atomic E-state index is -3.05. The van der Waals surface area contributed by atoms with Gasteiger partial charge < -0.3 is 4.90 Å². The Labute approximate surface area is 105 Å². The molecule has 0 aliphatic carbocycles. The summed E-state index contributed by atoms with van der Waals surface area (Å²) < 4.78 is 22.6. The van der Waals surface area contributed by atoms with Gasteiger partial charge in [0, 0.05) is 25.4 Å². The molecule has 0 aromatic rings. The lowest BCUT2D eigenvalue weighted by Gasteiger charge is -2.19. The number of halogens is 1. The molecule has 0 radical (unpaired) electrons. The van der Waals surface area contributed by atoms with Crippen molar-refractivity contribution in [3.8, 4) is 0 Å². The van der Waals surface area contributed by atoms with Crippen LogP contribution in [0.1, 0.15) is 12.8 Å². The smallest absolute Gasteiger partial charge is 0.323 e. The molecule has 6 nitrogen and oxygen atoms in total. The number of rotatable bonds is 2. The van der Waals surface area contributed by atoms with Crippen LogP contribution in [0.4, 0.5) is 4.79 Å². The first-order valence-corrected chi connectivity index (χ1v) is 7.65. The molecule has 1 N–H and O–H groups in total. The Kier molecular flexibility index (Phi) is 5.20. The Morgan fingerprint density at radius 3 is 2.59 bits per heavy atom. The van der Waals surface area contributed by atoms with Gasteiger partial charge in [-0.25, -0.2) is 13.2 Å². The Bertz CT molecular complexity index is 396. The molecule has 0 aromatic carbocycles. The molecule has 1 aliphatic heterocycles. The first-order valence-electron chi connectivity index (χ1n) is 5.30. The highest BCUT2D eigenvalue weighted by Gasteiger charge is 2.23. The molecule has 98 valence electrons. The molecule has 0 saturated carbocycles. The van der Waals surface area contributed by atoms with Crippen LogP contribution in [0.5, 0.6) is 0 Å². The van der Waals surface area contributed by atoms with E-state index in [4.69, 9.17) is 11.6 Å². The first-order chi connectivity index (χ1) is 7.94. The highest BCUT2D eigenvalue weighted by atomic mass is 35.5. The van der Waals surface area contributed by atoms with Gasteiger partial charge in [0.05, 0.1) is 11.5 Å². The van der Waals surface area contributed by atoms with Gasteiger partial charge in [-0.05, 0) is 6.42 Å². The highest BCUT2D eigenvalue weighted by molar-refractivity contribution is 7.91. The third-order valence-electron chi connectivity index (χ3n) is 2.41. The quantitative estimate of drug-likeness (QED) is 0.721. The van der Waals surface area contributed by atoms with E-state index >= 15 is 0 Å².